The van der Waals surface area contributed by atoms with Crippen molar-refractivity contribution < 1.29 is 34.6 Å². The first-order chi connectivity index (χ1) is 35.9. The minimum Gasteiger partial charge on any atom is -0.455 e. The molecule has 54 heavy (non-hydrogen) atoms. The van der Waals surface area contributed by atoms with E-state index in [4.69, 9.17) is 23.6 Å². The maximum atomic E-state index is 9.54. The summed E-state index contributed by atoms with van der Waals surface area (Å²) in [5, 5.41) is 3.43. The molecule has 0 amide bonds. The molecule has 0 bridgehead atoms. The summed E-state index contributed by atoms with van der Waals surface area (Å²) in [5.74, 6) is 0. The SMILES string of the molecule is [2H]c1c([2H])c([2H])c(-c2c([2H])c([2H])c(-c3c([2H])c([2H])c(N(c4ccc(-c5cccc6oc7c8ccccc8ccc7c56)cc4)c4c([2H])c([2H])c(-c5c([2H])c([2H])c([2H])c([2H])c5[2H])c([2H])c4[2H])c([2H])c3[2H])c([2H])c2[2H])c([2H])c1[2H]. The molecule has 0 saturated heterocycles. The molecule has 2 nitrogen and oxygen atoms in total. The quantitative estimate of drug-likeness (QED) is 0.164. The zero-order valence-electron chi connectivity index (χ0n) is 49.9. The molecule has 0 spiro atoms. The second kappa shape index (κ2) is 13.4. The van der Waals surface area contributed by atoms with Gasteiger partial charge in [0, 0.05) is 33.2 Å². The Morgan fingerprint density at radius 1 is 0.370 bits per heavy atom. The number of benzene rings is 9. The van der Waals surface area contributed by atoms with Crippen LogP contribution >= 0.6 is 0 Å². The van der Waals surface area contributed by atoms with E-state index in [1.807, 2.05) is 48.5 Å². The van der Waals surface area contributed by atoms with Crippen LogP contribution in [0.4, 0.5) is 17.1 Å². The summed E-state index contributed by atoms with van der Waals surface area (Å²) >= 11 is 0. The molecule has 0 atom stereocenters. The van der Waals surface area contributed by atoms with E-state index in [-0.39, 0.29) is 5.69 Å². The van der Waals surface area contributed by atoms with E-state index in [0.29, 0.717) is 22.3 Å². The van der Waals surface area contributed by atoms with Gasteiger partial charge in [-0.3, -0.25) is 0 Å². The summed E-state index contributed by atoms with van der Waals surface area (Å²) < 4.78 is 201. The third-order valence-electron chi connectivity index (χ3n) is 8.87. The number of nitrogens with zero attached hydrogens (tertiary/aromatic N) is 1. The van der Waals surface area contributed by atoms with E-state index in [9.17, 15) is 11.0 Å². The molecule has 0 saturated carbocycles. The van der Waals surface area contributed by atoms with Gasteiger partial charge in [0.2, 0.25) is 0 Å². The average molecular weight is 712 g/mol. The van der Waals surface area contributed by atoms with Gasteiger partial charge in [-0.25, -0.2) is 0 Å². The highest BCUT2D eigenvalue weighted by Gasteiger charge is 2.17. The van der Waals surface area contributed by atoms with E-state index in [1.165, 1.54) is 12.1 Å². The molecule has 0 fully saturated rings. The number of hydrogen-bond acceptors (Lipinski definition) is 2. The third kappa shape index (κ3) is 5.71. The molecule has 254 valence electrons. The molecule has 10 rings (SSSR count). The zero-order chi connectivity index (χ0) is 55.0. The van der Waals surface area contributed by atoms with Crippen molar-refractivity contribution in [3.8, 4) is 44.5 Å². The van der Waals surface area contributed by atoms with Gasteiger partial charge in [0.15, 0.2) is 0 Å². The van der Waals surface area contributed by atoms with Crippen LogP contribution in [0.5, 0.6) is 0 Å². The molecule has 1 heterocycles. The first-order valence-electron chi connectivity index (χ1n) is 27.6. The van der Waals surface area contributed by atoms with E-state index in [1.54, 1.807) is 18.2 Å². The monoisotopic (exact) mass is 711 g/mol. The summed E-state index contributed by atoms with van der Waals surface area (Å²) in [6.45, 7) is 0. The van der Waals surface area contributed by atoms with Crippen LogP contribution in [-0.4, -0.2) is 0 Å². The van der Waals surface area contributed by atoms with Crippen LogP contribution in [0.3, 0.4) is 0 Å². The largest absolute Gasteiger partial charge is 0.455 e. The fourth-order valence-corrected chi connectivity index (χ4v) is 6.35. The van der Waals surface area contributed by atoms with Gasteiger partial charge in [0.1, 0.15) is 11.2 Å². The van der Waals surface area contributed by atoms with Gasteiger partial charge >= 0.3 is 0 Å². The van der Waals surface area contributed by atoms with Crippen LogP contribution in [0, 0.1) is 0 Å². The van der Waals surface area contributed by atoms with Crippen molar-refractivity contribution in [2.45, 2.75) is 0 Å². The molecule has 0 aliphatic rings. The predicted octanol–water partition coefficient (Wildman–Crippen LogP) is 14.9. The lowest BCUT2D eigenvalue weighted by atomic mass is 9.97. The molecule has 10 aromatic rings. The topological polar surface area (TPSA) is 16.4 Å². The molecular formula is C52H35NO. The lowest BCUT2D eigenvalue weighted by Crippen LogP contribution is -2.09. The second-order valence-corrected chi connectivity index (χ2v) is 12.0. The van der Waals surface area contributed by atoms with Crippen molar-refractivity contribution in [1.29, 1.82) is 0 Å². The zero-order valence-corrected chi connectivity index (χ0v) is 27.9. The van der Waals surface area contributed by atoms with Gasteiger partial charge in [-0.1, -0.05) is 163 Å². The summed E-state index contributed by atoms with van der Waals surface area (Å²) in [5.41, 5.74) is -2.95. The van der Waals surface area contributed by atoms with Crippen molar-refractivity contribution in [3.05, 3.63) is 212 Å². The molecule has 9 aromatic carbocycles. The highest BCUT2D eigenvalue weighted by Crippen LogP contribution is 2.42. The van der Waals surface area contributed by atoms with E-state index >= 15 is 0 Å². The smallest absolute Gasteiger partial charge is 0.143 e. The Labute approximate surface area is 345 Å². The minimum absolute atomic E-state index is 0.0453. The van der Waals surface area contributed by atoms with Crippen LogP contribution in [0.25, 0.3) is 77.2 Å². The van der Waals surface area contributed by atoms with Gasteiger partial charge in [0.25, 0.3) is 0 Å². The molecule has 0 N–H and O–H groups in total. The van der Waals surface area contributed by atoms with Gasteiger partial charge in [-0.2, -0.15) is 0 Å². The van der Waals surface area contributed by atoms with Gasteiger partial charge in [0.05, 0.1) is 30.2 Å². The predicted molar refractivity (Wildman–Crippen MR) is 228 cm³/mol. The maximum absolute atomic E-state index is 9.54. The van der Waals surface area contributed by atoms with Crippen molar-refractivity contribution in [3.63, 3.8) is 0 Å². The summed E-state index contributed by atoms with van der Waals surface area (Å²) in [7, 11) is 0. The van der Waals surface area contributed by atoms with Crippen molar-refractivity contribution in [1.82, 2.24) is 0 Å². The second-order valence-electron chi connectivity index (χ2n) is 12.0. The lowest BCUT2D eigenvalue weighted by molar-refractivity contribution is 0.673. The van der Waals surface area contributed by atoms with Crippen LogP contribution in [0.15, 0.2) is 216 Å². The van der Waals surface area contributed by atoms with Crippen molar-refractivity contribution in [2.24, 2.45) is 0 Å². The highest BCUT2D eigenvalue weighted by molar-refractivity contribution is 6.19. The fraction of sp³-hybridized carbons (Fsp3) is 0. The Balaban J connectivity index is 1.22. The lowest BCUT2D eigenvalue weighted by Gasteiger charge is -2.26. The molecule has 2 heteroatoms. The number of anilines is 3. The first kappa shape index (κ1) is 16.2. The van der Waals surface area contributed by atoms with Gasteiger partial charge in [-0.15, -0.1) is 0 Å². The Kier molecular flexibility index (Phi) is 4.04. The maximum Gasteiger partial charge on any atom is 0.143 e. The fourth-order valence-electron chi connectivity index (χ4n) is 6.35. The highest BCUT2D eigenvalue weighted by atomic mass is 16.3. The number of fused-ring (bicyclic) bond motifs is 5. The van der Waals surface area contributed by atoms with Crippen LogP contribution < -0.4 is 4.90 Å². The Morgan fingerprint density at radius 3 is 1.46 bits per heavy atom. The first-order valence-corrected chi connectivity index (χ1v) is 16.6. The summed E-state index contributed by atoms with van der Waals surface area (Å²) in [4.78, 5) is 0.942. The number of furan rings is 1. The minimum atomic E-state index is -0.953. The number of rotatable bonds is 7. The normalized spacial score (nSPS) is 17.0. The molecule has 0 aliphatic heterocycles. The van der Waals surface area contributed by atoms with Crippen molar-refractivity contribution in [2.75, 3.05) is 4.90 Å². The van der Waals surface area contributed by atoms with Gasteiger partial charge < -0.3 is 9.32 Å². The third-order valence-corrected chi connectivity index (χ3v) is 8.87. The van der Waals surface area contributed by atoms with E-state index < -0.39 is 178 Å². The van der Waals surface area contributed by atoms with Crippen LogP contribution in [-0.2, 0) is 0 Å². The number of hydrogen-bond donors (Lipinski definition) is 0. The van der Waals surface area contributed by atoms with E-state index in [0.717, 1.165) is 26.4 Å². The van der Waals surface area contributed by atoms with Gasteiger partial charge in [-0.05, 0) is 98.3 Å². The molecule has 0 radical (unpaired) electrons. The molecule has 0 unspecified atom stereocenters. The Bertz CT molecular complexity index is 4060. The molecular weight excluding hydrogens is 655 g/mol. The summed E-state index contributed by atoms with van der Waals surface area (Å²) in [6.07, 6.45) is 0. The Hall–Kier alpha value is -7.16. The Morgan fingerprint density at radius 2 is 0.889 bits per heavy atom. The summed E-state index contributed by atoms with van der Waals surface area (Å²) in [6, 6.07) is 4.27. The van der Waals surface area contributed by atoms with Crippen LogP contribution in [0.1, 0.15) is 30.2 Å². The van der Waals surface area contributed by atoms with Crippen molar-refractivity contribution >= 4 is 49.8 Å². The molecule has 0 aliphatic carbocycles. The van der Waals surface area contributed by atoms with Crippen LogP contribution in [0.2, 0.25) is 0 Å². The standard InChI is InChI=1S/C52H35NO/c1-3-10-36(11-4-1)38-18-20-39(21-19-38)41-24-31-45(32-25-41)53(44-29-22-40(23-30-44)37-12-5-2-6-13-37)46-33-26-43(27-34-46)47-16-9-17-50-51(47)49-35-28-42-14-7-8-15-48(42)52(49)54-50/h1-35H/i1D,2D,3D,4D,5D,6D,10D,11D,12D,13D,18D,19D,20D,21D,22D,23D,24D,25D,29D,30D,31D,32D. The average Bonchev–Trinajstić information content (AvgIpc) is 3.81. The molecule has 1 aromatic heterocycles. The van der Waals surface area contributed by atoms with E-state index in [2.05, 4.69) is 0 Å².